The molecule has 0 spiro atoms. The Labute approximate surface area is 204 Å². The van der Waals surface area contributed by atoms with Gasteiger partial charge in [-0.25, -0.2) is 9.59 Å². The van der Waals surface area contributed by atoms with E-state index in [4.69, 9.17) is 4.74 Å². The van der Waals surface area contributed by atoms with Gasteiger partial charge in [0.1, 0.15) is 12.6 Å². The molecule has 3 N–H and O–H groups in total. The van der Waals surface area contributed by atoms with Crippen molar-refractivity contribution < 1.29 is 24.2 Å². The minimum Gasteiger partial charge on any atom is -0.480 e. The number of carboxylic acid groups (broad SMARTS) is 1. The second-order valence-electron chi connectivity index (χ2n) is 8.96. The summed E-state index contributed by atoms with van der Waals surface area (Å²) >= 11 is 0. The minimum absolute atomic E-state index is 0.0599. The molecular weight excluding hydrogens is 444 g/mol. The molecule has 1 aliphatic rings. The Morgan fingerprint density at radius 2 is 1.51 bits per heavy atom. The van der Waals surface area contributed by atoms with E-state index in [1.165, 1.54) is 0 Å². The van der Waals surface area contributed by atoms with E-state index in [1.54, 1.807) is 39.0 Å². The third-order valence-electron chi connectivity index (χ3n) is 6.38. The number of amides is 2. The normalized spacial score (nSPS) is 13.0. The van der Waals surface area contributed by atoms with Gasteiger partial charge in [0, 0.05) is 17.2 Å². The summed E-state index contributed by atoms with van der Waals surface area (Å²) in [6, 6.07) is 20.1. The molecule has 0 radical (unpaired) electrons. The number of fused-ring (bicyclic) bond motifs is 3. The predicted octanol–water partition coefficient (Wildman–Crippen LogP) is 5.20. The summed E-state index contributed by atoms with van der Waals surface area (Å²) in [5.41, 5.74) is 5.76. The van der Waals surface area contributed by atoms with E-state index < -0.39 is 24.0 Å². The molecule has 0 heterocycles. The zero-order chi connectivity index (χ0) is 25.1. The highest BCUT2D eigenvalue weighted by atomic mass is 16.5. The number of hydrogen-bond acceptors (Lipinski definition) is 4. The number of benzene rings is 3. The van der Waals surface area contributed by atoms with Crippen LogP contribution in [-0.4, -0.2) is 35.7 Å². The highest BCUT2D eigenvalue weighted by molar-refractivity contribution is 6.00. The van der Waals surface area contributed by atoms with Crippen LogP contribution in [0.15, 0.2) is 66.7 Å². The average Bonchev–Trinajstić information content (AvgIpc) is 3.15. The van der Waals surface area contributed by atoms with Crippen LogP contribution in [0.4, 0.5) is 10.5 Å². The van der Waals surface area contributed by atoms with Crippen LogP contribution in [-0.2, 0) is 9.53 Å². The van der Waals surface area contributed by atoms with Crippen molar-refractivity contribution in [2.45, 2.75) is 32.7 Å². The van der Waals surface area contributed by atoms with E-state index in [2.05, 4.69) is 34.9 Å². The summed E-state index contributed by atoms with van der Waals surface area (Å²) in [5.74, 6) is -1.95. The van der Waals surface area contributed by atoms with Gasteiger partial charge in [0.15, 0.2) is 0 Å². The summed E-state index contributed by atoms with van der Waals surface area (Å²) in [4.78, 5) is 36.9. The molecule has 180 valence electrons. The lowest BCUT2D eigenvalue weighted by molar-refractivity contribution is -0.140. The lowest BCUT2D eigenvalue weighted by atomic mass is 9.98. The SMILES string of the molecule is Cc1c(NC(=O)OCC2c3ccccc3-c3ccccc32)cccc1C(=O)NC(C(=O)O)C(C)C. The van der Waals surface area contributed by atoms with Crippen molar-refractivity contribution in [1.29, 1.82) is 0 Å². The fourth-order valence-electron chi connectivity index (χ4n) is 4.49. The quantitative estimate of drug-likeness (QED) is 0.439. The zero-order valence-corrected chi connectivity index (χ0v) is 19.9. The second-order valence-corrected chi connectivity index (χ2v) is 8.96. The molecule has 0 bridgehead atoms. The highest BCUT2D eigenvalue weighted by Crippen LogP contribution is 2.44. The van der Waals surface area contributed by atoms with Gasteiger partial charge in [-0.2, -0.15) is 0 Å². The number of anilines is 1. The first kappa shape index (κ1) is 24.0. The number of carboxylic acids is 1. The van der Waals surface area contributed by atoms with E-state index in [0.717, 1.165) is 22.3 Å². The summed E-state index contributed by atoms with van der Waals surface area (Å²) in [6.45, 7) is 5.31. The Bertz CT molecular complexity index is 1240. The van der Waals surface area contributed by atoms with E-state index in [-0.39, 0.29) is 24.0 Å². The maximum Gasteiger partial charge on any atom is 0.411 e. The third-order valence-corrected chi connectivity index (χ3v) is 6.38. The topological polar surface area (TPSA) is 105 Å². The van der Waals surface area contributed by atoms with Gasteiger partial charge >= 0.3 is 12.1 Å². The Kier molecular flexibility index (Phi) is 6.87. The van der Waals surface area contributed by atoms with Crippen molar-refractivity contribution in [2.75, 3.05) is 11.9 Å². The van der Waals surface area contributed by atoms with Crippen LogP contribution >= 0.6 is 0 Å². The molecule has 3 aromatic rings. The number of carbonyl (C=O) groups is 3. The number of ether oxygens (including phenoxy) is 1. The second kappa shape index (κ2) is 10.0. The van der Waals surface area contributed by atoms with Gasteiger partial charge in [-0.1, -0.05) is 68.4 Å². The van der Waals surface area contributed by atoms with Crippen molar-refractivity contribution in [1.82, 2.24) is 5.32 Å². The summed E-state index contributed by atoms with van der Waals surface area (Å²) in [5, 5.41) is 14.6. The van der Waals surface area contributed by atoms with E-state index >= 15 is 0 Å². The molecule has 1 aliphatic carbocycles. The van der Waals surface area contributed by atoms with Crippen LogP contribution in [0.1, 0.15) is 46.8 Å². The molecule has 1 unspecified atom stereocenters. The number of nitrogens with one attached hydrogen (secondary N) is 2. The number of carbonyl (C=O) groups excluding carboxylic acids is 2. The van der Waals surface area contributed by atoms with Crippen LogP contribution in [0.3, 0.4) is 0 Å². The molecular formula is C28H28N2O5. The Balaban J connectivity index is 1.45. The Morgan fingerprint density at radius 1 is 0.914 bits per heavy atom. The largest absolute Gasteiger partial charge is 0.480 e. The maximum atomic E-state index is 12.7. The molecule has 7 heteroatoms. The van der Waals surface area contributed by atoms with E-state index in [9.17, 15) is 19.5 Å². The van der Waals surface area contributed by atoms with E-state index in [1.807, 2.05) is 24.3 Å². The molecule has 7 nitrogen and oxygen atoms in total. The Hall–Kier alpha value is -4.13. The summed E-state index contributed by atoms with van der Waals surface area (Å²) in [7, 11) is 0. The van der Waals surface area contributed by atoms with Gasteiger partial charge < -0.3 is 15.2 Å². The van der Waals surface area contributed by atoms with Crippen molar-refractivity contribution in [3.63, 3.8) is 0 Å². The van der Waals surface area contributed by atoms with Crippen LogP contribution in [0.25, 0.3) is 11.1 Å². The van der Waals surface area contributed by atoms with Crippen LogP contribution in [0.5, 0.6) is 0 Å². The standard InChI is InChI=1S/C28H28N2O5/c1-16(2)25(27(32)33)30-26(31)18-13-8-14-24(17(18)3)29-28(34)35-15-23-21-11-6-4-9-19(21)20-10-5-7-12-22(20)23/h4-14,16,23,25H,15H2,1-3H3,(H,29,34)(H,30,31)(H,32,33). The molecule has 0 saturated carbocycles. The molecule has 1 atom stereocenters. The summed E-state index contributed by atoms with van der Waals surface area (Å²) < 4.78 is 5.60. The van der Waals surface area contributed by atoms with Gasteiger partial charge in [-0.15, -0.1) is 0 Å². The predicted molar refractivity (Wildman–Crippen MR) is 134 cm³/mol. The maximum absolute atomic E-state index is 12.7. The zero-order valence-electron chi connectivity index (χ0n) is 19.9. The molecule has 3 aromatic carbocycles. The minimum atomic E-state index is -1.10. The third kappa shape index (κ3) is 4.89. The van der Waals surface area contributed by atoms with Crippen LogP contribution < -0.4 is 10.6 Å². The smallest absolute Gasteiger partial charge is 0.411 e. The molecule has 35 heavy (non-hydrogen) atoms. The number of aliphatic carboxylic acids is 1. The fraction of sp³-hybridized carbons (Fsp3) is 0.250. The van der Waals surface area contributed by atoms with Gasteiger partial charge in [0.2, 0.25) is 0 Å². The molecule has 0 fully saturated rings. The molecule has 4 rings (SSSR count). The van der Waals surface area contributed by atoms with E-state index in [0.29, 0.717) is 11.3 Å². The van der Waals surface area contributed by atoms with Crippen molar-refractivity contribution in [3.05, 3.63) is 89.0 Å². The highest BCUT2D eigenvalue weighted by Gasteiger charge is 2.29. The summed E-state index contributed by atoms with van der Waals surface area (Å²) in [6.07, 6.45) is -0.627. The first-order chi connectivity index (χ1) is 16.8. The lowest BCUT2D eigenvalue weighted by Gasteiger charge is -2.19. The van der Waals surface area contributed by atoms with Gasteiger partial charge in [0.05, 0.1) is 0 Å². The fourth-order valence-corrected chi connectivity index (χ4v) is 4.49. The number of rotatable bonds is 7. The molecule has 2 amide bonds. The lowest BCUT2D eigenvalue weighted by Crippen LogP contribution is -2.44. The average molecular weight is 473 g/mol. The Morgan fingerprint density at radius 3 is 2.09 bits per heavy atom. The van der Waals surface area contributed by atoms with Gasteiger partial charge in [0.25, 0.3) is 5.91 Å². The first-order valence-electron chi connectivity index (χ1n) is 11.5. The van der Waals surface area contributed by atoms with Crippen LogP contribution in [0, 0.1) is 12.8 Å². The first-order valence-corrected chi connectivity index (χ1v) is 11.5. The monoisotopic (exact) mass is 472 g/mol. The molecule has 0 aromatic heterocycles. The number of hydrogen-bond donors (Lipinski definition) is 3. The van der Waals surface area contributed by atoms with Crippen molar-refractivity contribution in [2.24, 2.45) is 5.92 Å². The van der Waals surface area contributed by atoms with Crippen molar-refractivity contribution in [3.8, 4) is 11.1 Å². The molecule has 0 saturated heterocycles. The molecule has 0 aliphatic heterocycles. The van der Waals surface area contributed by atoms with Crippen LogP contribution in [0.2, 0.25) is 0 Å². The van der Waals surface area contributed by atoms with Gasteiger partial charge in [-0.3, -0.25) is 10.1 Å². The van der Waals surface area contributed by atoms with Gasteiger partial charge in [-0.05, 0) is 52.8 Å². The van der Waals surface area contributed by atoms with Crippen molar-refractivity contribution >= 4 is 23.7 Å².